The summed E-state index contributed by atoms with van der Waals surface area (Å²) in [6.07, 6.45) is 2.33. The number of rotatable bonds is 9. The molecule has 2 heterocycles. The Morgan fingerprint density at radius 3 is 2.40 bits per heavy atom. The zero-order valence-corrected chi connectivity index (χ0v) is 19.1. The highest BCUT2D eigenvalue weighted by atomic mass is 32.2. The maximum Gasteiger partial charge on any atom is 0.245 e. The number of hydrogen-bond donors (Lipinski definition) is 1. The highest BCUT2D eigenvalue weighted by Gasteiger charge is 2.29. The van der Waals surface area contributed by atoms with Crippen LogP contribution in [0.4, 0.5) is 5.82 Å². The third-order valence-electron chi connectivity index (χ3n) is 5.04. The van der Waals surface area contributed by atoms with Gasteiger partial charge in [-0.05, 0) is 65.3 Å². The number of nitrogens with zero attached hydrogens (tertiary/aromatic N) is 4. The van der Waals surface area contributed by atoms with Crippen LogP contribution in [-0.2, 0) is 16.6 Å². The largest absolute Gasteiger partial charge is 0.370 e. The second kappa shape index (κ2) is 9.14. The number of fused-ring (bicyclic) bond motifs is 1. The second-order valence-corrected chi connectivity index (χ2v) is 9.82. The van der Waals surface area contributed by atoms with Crippen LogP contribution >= 0.6 is 0 Å². The molecule has 1 aromatic carbocycles. The Balaban J connectivity index is 1.60. The molecular formula is C22H31N5O2S. The number of para-hydroxylation sites is 2. The first kappa shape index (κ1) is 22.2. The minimum atomic E-state index is -3.56. The molecule has 0 fully saturated rings. The van der Waals surface area contributed by atoms with Crippen LogP contribution in [0.25, 0.3) is 11.0 Å². The third kappa shape index (κ3) is 4.65. The fraction of sp³-hybridized carbons (Fsp3) is 0.455. The van der Waals surface area contributed by atoms with Crippen LogP contribution in [0, 0.1) is 6.92 Å². The number of benzene rings is 1. The fourth-order valence-corrected chi connectivity index (χ4v) is 5.62. The average molecular weight is 430 g/mol. The Kier molecular flexibility index (Phi) is 6.77. The molecule has 0 radical (unpaired) electrons. The lowest BCUT2D eigenvalue weighted by Crippen LogP contribution is -2.41. The number of sulfonamides is 1. The molecule has 3 rings (SSSR count). The topological polar surface area (TPSA) is 80.1 Å². The molecule has 3 aromatic rings. The summed E-state index contributed by atoms with van der Waals surface area (Å²) < 4.78 is 29.6. The van der Waals surface area contributed by atoms with Crippen molar-refractivity contribution in [3.63, 3.8) is 0 Å². The Hall–Kier alpha value is -2.45. The van der Waals surface area contributed by atoms with Crippen LogP contribution in [-0.4, -0.2) is 45.9 Å². The lowest BCUT2D eigenvalue weighted by molar-refractivity contribution is 0.302. The third-order valence-corrected chi connectivity index (χ3v) is 7.28. The first-order valence-corrected chi connectivity index (χ1v) is 11.8. The first-order valence-electron chi connectivity index (χ1n) is 10.4. The molecule has 0 aliphatic carbocycles. The lowest BCUT2D eigenvalue weighted by Gasteiger charge is -2.29. The van der Waals surface area contributed by atoms with Crippen molar-refractivity contribution < 1.29 is 8.42 Å². The maximum absolute atomic E-state index is 12.9. The Morgan fingerprint density at radius 1 is 1.07 bits per heavy atom. The predicted octanol–water partition coefficient (Wildman–Crippen LogP) is 4.05. The van der Waals surface area contributed by atoms with Crippen molar-refractivity contribution >= 4 is 26.9 Å². The van der Waals surface area contributed by atoms with Crippen molar-refractivity contribution in [2.24, 2.45) is 0 Å². The molecular weight excluding hydrogens is 398 g/mol. The summed E-state index contributed by atoms with van der Waals surface area (Å²) in [5.41, 5.74) is 2.15. The van der Waals surface area contributed by atoms with E-state index in [1.807, 2.05) is 52.8 Å². The van der Waals surface area contributed by atoms with Gasteiger partial charge >= 0.3 is 0 Å². The van der Waals surface area contributed by atoms with Gasteiger partial charge < -0.3 is 9.88 Å². The van der Waals surface area contributed by atoms with Crippen molar-refractivity contribution in [1.82, 2.24) is 18.8 Å². The molecule has 0 spiro atoms. The van der Waals surface area contributed by atoms with E-state index in [2.05, 4.69) is 25.9 Å². The van der Waals surface area contributed by atoms with E-state index in [0.29, 0.717) is 5.82 Å². The summed E-state index contributed by atoms with van der Waals surface area (Å²) in [6, 6.07) is 11.2. The maximum atomic E-state index is 12.9. The fourth-order valence-electron chi connectivity index (χ4n) is 3.84. The molecule has 0 saturated carbocycles. The van der Waals surface area contributed by atoms with Gasteiger partial charge in [-0.1, -0.05) is 12.1 Å². The zero-order valence-electron chi connectivity index (χ0n) is 18.3. The van der Waals surface area contributed by atoms with Gasteiger partial charge in [0, 0.05) is 31.4 Å². The van der Waals surface area contributed by atoms with Gasteiger partial charge in [-0.2, -0.15) is 4.31 Å². The first-order chi connectivity index (χ1) is 14.2. The molecule has 0 unspecified atom stereocenters. The van der Waals surface area contributed by atoms with Gasteiger partial charge in [0.1, 0.15) is 16.5 Å². The van der Waals surface area contributed by atoms with Crippen LogP contribution in [0.2, 0.25) is 0 Å². The lowest BCUT2D eigenvalue weighted by atomic mass is 10.3. The van der Waals surface area contributed by atoms with E-state index in [-0.39, 0.29) is 17.0 Å². The highest BCUT2D eigenvalue weighted by Crippen LogP contribution is 2.21. The number of nitrogens with one attached hydrogen (secondary N) is 1. The van der Waals surface area contributed by atoms with E-state index in [0.717, 1.165) is 36.4 Å². The van der Waals surface area contributed by atoms with E-state index in [1.165, 1.54) is 10.5 Å². The molecule has 0 amide bonds. The molecule has 2 aromatic heterocycles. The minimum absolute atomic E-state index is 0.115. The molecule has 0 aliphatic heterocycles. The number of imidazole rings is 1. The number of aryl methyl sites for hydroxylation is 2. The quantitative estimate of drug-likeness (QED) is 0.519. The molecule has 0 saturated heterocycles. The minimum Gasteiger partial charge on any atom is -0.370 e. The molecule has 0 aliphatic rings. The van der Waals surface area contributed by atoms with E-state index in [1.54, 1.807) is 12.1 Å². The van der Waals surface area contributed by atoms with Gasteiger partial charge in [-0.3, -0.25) is 0 Å². The number of pyridine rings is 1. The van der Waals surface area contributed by atoms with Crippen LogP contribution in [0.5, 0.6) is 0 Å². The van der Waals surface area contributed by atoms with E-state index in [9.17, 15) is 8.42 Å². The number of aromatic nitrogens is 3. The monoisotopic (exact) mass is 429 g/mol. The molecule has 7 nitrogen and oxygen atoms in total. The zero-order chi connectivity index (χ0) is 21.9. The van der Waals surface area contributed by atoms with Crippen molar-refractivity contribution in [2.75, 3.05) is 11.9 Å². The molecule has 8 heteroatoms. The van der Waals surface area contributed by atoms with Gasteiger partial charge in [-0.25, -0.2) is 18.4 Å². The van der Waals surface area contributed by atoms with Crippen LogP contribution < -0.4 is 5.32 Å². The number of hydrogen-bond acceptors (Lipinski definition) is 5. The van der Waals surface area contributed by atoms with Gasteiger partial charge in [0.2, 0.25) is 10.0 Å². The molecule has 1 N–H and O–H groups in total. The van der Waals surface area contributed by atoms with Crippen molar-refractivity contribution in [3.8, 4) is 0 Å². The summed E-state index contributed by atoms with van der Waals surface area (Å²) in [5, 5.41) is 3.27. The summed E-state index contributed by atoms with van der Waals surface area (Å²) in [4.78, 5) is 9.12. The molecule has 0 atom stereocenters. The number of anilines is 1. The predicted molar refractivity (Wildman–Crippen MR) is 121 cm³/mol. The smallest absolute Gasteiger partial charge is 0.245 e. The van der Waals surface area contributed by atoms with Crippen molar-refractivity contribution in [2.45, 2.75) is 64.6 Å². The van der Waals surface area contributed by atoms with Crippen molar-refractivity contribution in [1.29, 1.82) is 0 Å². The van der Waals surface area contributed by atoms with Gasteiger partial charge in [0.25, 0.3) is 0 Å². The van der Waals surface area contributed by atoms with E-state index >= 15 is 0 Å². The Labute approximate surface area is 179 Å². The van der Waals surface area contributed by atoms with E-state index < -0.39 is 10.0 Å². The Morgan fingerprint density at radius 2 is 1.77 bits per heavy atom. The molecule has 0 bridgehead atoms. The van der Waals surface area contributed by atoms with Gasteiger partial charge in [0.15, 0.2) is 0 Å². The standard InChI is InChI=1S/C22H31N5O2S/c1-16(2)27(17(3)4)30(28,29)19-11-12-22(24-15-19)23-13-8-14-26-18(5)25-20-9-6-7-10-21(20)26/h6-7,9-12,15-17H,8,13-14H2,1-5H3,(H,23,24). The van der Waals surface area contributed by atoms with Crippen LogP contribution in [0.3, 0.4) is 0 Å². The highest BCUT2D eigenvalue weighted by molar-refractivity contribution is 7.89. The SMILES string of the molecule is Cc1nc2ccccc2n1CCCNc1ccc(S(=O)(=O)N(C(C)C)C(C)C)cn1. The normalized spacial score (nSPS) is 12.4. The molecule has 162 valence electrons. The van der Waals surface area contributed by atoms with Gasteiger partial charge in [0.05, 0.1) is 11.0 Å². The summed E-state index contributed by atoms with van der Waals surface area (Å²) in [5.74, 6) is 1.67. The Bertz CT molecular complexity index is 1080. The van der Waals surface area contributed by atoms with Crippen LogP contribution in [0.15, 0.2) is 47.5 Å². The summed E-state index contributed by atoms with van der Waals surface area (Å²) in [6.45, 7) is 11.1. The van der Waals surface area contributed by atoms with Crippen molar-refractivity contribution in [3.05, 3.63) is 48.4 Å². The average Bonchev–Trinajstić information content (AvgIpc) is 3.00. The second-order valence-electron chi connectivity index (χ2n) is 7.98. The summed E-state index contributed by atoms with van der Waals surface area (Å²) >= 11 is 0. The summed E-state index contributed by atoms with van der Waals surface area (Å²) in [7, 11) is -3.56. The van der Waals surface area contributed by atoms with Gasteiger partial charge in [-0.15, -0.1) is 0 Å². The van der Waals surface area contributed by atoms with E-state index in [4.69, 9.17) is 0 Å². The van der Waals surface area contributed by atoms with Crippen LogP contribution in [0.1, 0.15) is 39.9 Å². The molecule has 30 heavy (non-hydrogen) atoms.